The SMILES string of the molecule is N#Cc1nn(-c2c(Cl)cc(C(F)(F)F)cc2Cl)c(NCc2ccccc2)c1C1(C=O)CC1. The number of nitrogens with one attached hydrogen (secondary N) is 1. The van der Waals surface area contributed by atoms with Crippen molar-refractivity contribution in [1.29, 1.82) is 5.26 Å². The molecule has 1 aromatic heterocycles. The average Bonchev–Trinajstić information content (AvgIpc) is 3.46. The van der Waals surface area contributed by atoms with Gasteiger partial charge in [0.1, 0.15) is 23.9 Å². The van der Waals surface area contributed by atoms with Crippen LogP contribution >= 0.6 is 23.2 Å². The van der Waals surface area contributed by atoms with Gasteiger partial charge in [-0.1, -0.05) is 53.5 Å². The molecular weight excluding hydrogens is 464 g/mol. The van der Waals surface area contributed by atoms with Gasteiger partial charge in [-0.25, -0.2) is 4.68 Å². The van der Waals surface area contributed by atoms with Crippen LogP contribution in [0.3, 0.4) is 0 Å². The van der Waals surface area contributed by atoms with Gasteiger partial charge >= 0.3 is 6.18 Å². The summed E-state index contributed by atoms with van der Waals surface area (Å²) in [5, 5.41) is 16.5. The summed E-state index contributed by atoms with van der Waals surface area (Å²) in [5.41, 5.74) is -0.621. The number of aldehydes is 1. The summed E-state index contributed by atoms with van der Waals surface area (Å²) >= 11 is 12.4. The Labute approximate surface area is 191 Å². The predicted molar refractivity (Wildman–Crippen MR) is 114 cm³/mol. The molecule has 1 fully saturated rings. The van der Waals surface area contributed by atoms with Crippen molar-refractivity contribution in [3.8, 4) is 11.8 Å². The molecule has 0 aliphatic heterocycles. The lowest BCUT2D eigenvalue weighted by Crippen LogP contribution is -2.15. The molecule has 4 rings (SSSR count). The van der Waals surface area contributed by atoms with Crippen LogP contribution in [0, 0.1) is 11.3 Å². The molecule has 0 saturated heterocycles. The Morgan fingerprint density at radius 2 is 1.81 bits per heavy atom. The maximum absolute atomic E-state index is 13.2. The standard InChI is InChI=1S/C22H15Cl2F3N4O/c23-15-8-14(22(25,26)27)9-16(24)19(15)31-20(29-11-13-4-2-1-3-5-13)18(17(10-28)30-31)21(12-32)6-7-21/h1-5,8-9,12,29H,6-7,11H2. The molecule has 1 saturated carbocycles. The third-order valence-corrected chi connectivity index (χ3v) is 5.94. The van der Waals surface area contributed by atoms with E-state index < -0.39 is 17.2 Å². The molecular formula is C22H15Cl2F3N4O. The van der Waals surface area contributed by atoms with Crippen molar-refractivity contribution in [2.75, 3.05) is 5.32 Å². The van der Waals surface area contributed by atoms with Gasteiger partial charge in [-0.2, -0.15) is 23.5 Å². The lowest BCUT2D eigenvalue weighted by molar-refractivity contribution is -0.137. The summed E-state index contributed by atoms with van der Waals surface area (Å²) in [5.74, 6) is 0.290. The summed E-state index contributed by atoms with van der Waals surface area (Å²) in [4.78, 5) is 11.9. The van der Waals surface area contributed by atoms with E-state index in [4.69, 9.17) is 23.2 Å². The van der Waals surface area contributed by atoms with Gasteiger partial charge in [0.15, 0.2) is 5.69 Å². The number of rotatable bonds is 6. The molecule has 0 unspecified atom stereocenters. The Bertz CT molecular complexity index is 1210. The van der Waals surface area contributed by atoms with Gasteiger partial charge < -0.3 is 10.1 Å². The Hall–Kier alpha value is -3.02. The van der Waals surface area contributed by atoms with Gasteiger partial charge in [0, 0.05) is 12.1 Å². The zero-order chi connectivity index (χ0) is 23.1. The minimum Gasteiger partial charge on any atom is -0.366 e. The molecule has 0 amide bonds. The normalized spacial score (nSPS) is 14.6. The van der Waals surface area contributed by atoms with Gasteiger partial charge in [0.05, 0.1) is 21.0 Å². The zero-order valence-electron chi connectivity index (χ0n) is 16.4. The molecule has 1 aliphatic rings. The topological polar surface area (TPSA) is 70.7 Å². The van der Waals surface area contributed by atoms with Crippen LogP contribution in [0.4, 0.5) is 19.0 Å². The first kappa shape index (κ1) is 22.2. The van der Waals surface area contributed by atoms with Crippen molar-refractivity contribution >= 4 is 35.3 Å². The minimum atomic E-state index is -4.64. The summed E-state index contributed by atoms with van der Waals surface area (Å²) in [7, 11) is 0. The van der Waals surface area contributed by atoms with Crippen LogP contribution in [0.5, 0.6) is 0 Å². The quantitative estimate of drug-likeness (QED) is 0.446. The average molecular weight is 479 g/mol. The third kappa shape index (κ3) is 3.94. The maximum Gasteiger partial charge on any atom is 0.416 e. The summed E-state index contributed by atoms with van der Waals surface area (Å²) in [6.45, 7) is 0.315. The van der Waals surface area contributed by atoms with E-state index >= 15 is 0 Å². The molecule has 32 heavy (non-hydrogen) atoms. The van der Waals surface area contributed by atoms with Crippen molar-refractivity contribution in [3.05, 3.63) is 74.9 Å². The highest BCUT2D eigenvalue weighted by Gasteiger charge is 2.50. The van der Waals surface area contributed by atoms with Gasteiger partial charge in [-0.3, -0.25) is 0 Å². The Balaban J connectivity index is 1.89. The van der Waals surface area contributed by atoms with Crippen LogP contribution in [0.15, 0.2) is 42.5 Å². The van der Waals surface area contributed by atoms with Crippen LogP contribution in [0.1, 0.15) is 35.2 Å². The number of hydrogen-bond donors (Lipinski definition) is 1. The molecule has 0 atom stereocenters. The molecule has 5 nitrogen and oxygen atoms in total. The first-order valence-electron chi connectivity index (χ1n) is 9.54. The number of benzene rings is 2. The molecule has 164 valence electrons. The minimum absolute atomic E-state index is 0.0126. The number of nitriles is 1. The van der Waals surface area contributed by atoms with Crippen LogP contribution < -0.4 is 5.32 Å². The summed E-state index contributed by atoms with van der Waals surface area (Å²) in [6, 6.07) is 12.8. The van der Waals surface area contributed by atoms with E-state index in [0.29, 0.717) is 30.8 Å². The zero-order valence-corrected chi connectivity index (χ0v) is 17.9. The first-order chi connectivity index (χ1) is 15.2. The molecule has 0 radical (unpaired) electrons. The second-order valence-corrected chi connectivity index (χ2v) is 8.31. The monoisotopic (exact) mass is 478 g/mol. The number of aromatic nitrogens is 2. The number of carbonyl (C=O) groups excluding carboxylic acids is 1. The van der Waals surface area contributed by atoms with Crippen molar-refractivity contribution < 1.29 is 18.0 Å². The smallest absolute Gasteiger partial charge is 0.366 e. The maximum atomic E-state index is 13.2. The van der Waals surface area contributed by atoms with Gasteiger partial charge in [-0.05, 0) is 30.5 Å². The van der Waals surface area contributed by atoms with E-state index in [1.165, 1.54) is 4.68 Å². The highest BCUT2D eigenvalue weighted by Crippen LogP contribution is 2.51. The Morgan fingerprint density at radius 3 is 2.31 bits per heavy atom. The lowest BCUT2D eigenvalue weighted by atomic mass is 9.97. The molecule has 1 aliphatic carbocycles. The summed E-state index contributed by atoms with van der Waals surface area (Å²) in [6.07, 6.45) is -2.79. The van der Waals surface area contributed by atoms with Crippen LogP contribution in [0.25, 0.3) is 5.69 Å². The van der Waals surface area contributed by atoms with Crippen LogP contribution in [0.2, 0.25) is 10.0 Å². The van der Waals surface area contributed by atoms with Gasteiger partial charge in [0.25, 0.3) is 0 Å². The number of carbonyl (C=O) groups is 1. The van der Waals surface area contributed by atoms with E-state index in [2.05, 4.69) is 10.4 Å². The molecule has 0 bridgehead atoms. The molecule has 1 heterocycles. The second-order valence-electron chi connectivity index (χ2n) is 7.50. The first-order valence-corrected chi connectivity index (χ1v) is 10.3. The van der Waals surface area contributed by atoms with E-state index in [1.807, 2.05) is 36.4 Å². The highest BCUT2D eigenvalue weighted by atomic mass is 35.5. The van der Waals surface area contributed by atoms with E-state index in [0.717, 1.165) is 24.0 Å². The summed E-state index contributed by atoms with van der Waals surface area (Å²) < 4.78 is 40.7. The third-order valence-electron chi connectivity index (χ3n) is 5.36. The fraction of sp³-hybridized carbons (Fsp3) is 0.227. The van der Waals surface area contributed by atoms with Crippen molar-refractivity contribution in [1.82, 2.24) is 9.78 Å². The molecule has 2 aromatic carbocycles. The second kappa shape index (κ2) is 8.15. The predicted octanol–water partition coefficient (Wildman–Crippen LogP) is 5.91. The van der Waals surface area contributed by atoms with Gasteiger partial charge in [-0.15, -0.1) is 0 Å². The largest absolute Gasteiger partial charge is 0.416 e. The number of hydrogen-bond acceptors (Lipinski definition) is 4. The number of nitrogens with zero attached hydrogens (tertiary/aromatic N) is 3. The molecule has 3 aromatic rings. The molecule has 1 N–H and O–H groups in total. The fourth-order valence-electron chi connectivity index (χ4n) is 3.57. The van der Waals surface area contributed by atoms with Gasteiger partial charge in [0.2, 0.25) is 0 Å². The van der Waals surface area contributed by atoms with Crippen molar-refractivity contribution in [2.24, 2.45) is 0 Å². The van der Waals surface area contributed by atoms with Crippen LogP contribution in [-0.4, -0.2) is 16.1 Å². The molecule has 10 heteroatoms. The number of alkyl halides is 3. The highest BCUT2D eigenvalue weighted by molar-refractivity contribution is 6.38. The Morgan fingerprint density at radius 1 is 1.19 bits per heavy atom. The van der Waals surface area contributed by atoms with Crippen molar-refractivity contribution in [2.45, 2.75) is 31.0 Å². The molecule has 0 spiro atoms. The number of halogens is 5. The lowest BCUT2D eigenvalue weighted by Gasteiger charge is -2.17. The van der Waals surface area contributed by atoms with E-state index in [9.17, 15) is 23.2 Å². The van der Waals surface area contributed by atoms with E-state index in [-0.39, 0.29) is 21.4 Å². The fourth-order valence-corrected chi connectivity index (χ4v) is 4.21. The van der Waals surface area contributed by atoms with E-state index in [1.54, 1.807) is 0 Å². The Kier molecular flexibility index (Phi) is 5.65. The number of anilines is 1. The van der Waals surface area contributed by atoms with Crippen LogP contribution in [-0.2, 0) is 22.9 Å². The van der Waals surface area contributed by atoms with Crippen molar-refractivity contribution in [3.63, 3.8) is 0 Å².